The molecule has 1 saturated heterocycles. The minimum atomic E-state index is -0.625. The number of rotatable bonds is 6. The SMILES string of the molecule is OC1CC(C(c2ccc(F)cc2)c2ccc(F)cc2)OCC1NCc1ccc2c(c1)OCN2. The Balaban J connectivity index is 1.28. The van der Waals surface area contributed by atoms with E-state index >= 15 is 0 Å². The van der Waals surface area contributed by atoms with Gasteiger partial charge in [0.2, 0.25) is 0 Å². The van der Waals surface area contributed by atoms with E-state index in [1.165, 1.54) is 24.3 Å². The Kier molecular flexibility index (Phi) is 6.26. The van der Waals surface area contributed by atoms with Gasteiger partial charge >= 0.3 is 0 Å². The summed E-state index contributed by atoms with van der Waals surface area (Å²) in [5.74, 6) is -0.0594. The predicted octanol–water partition coefficient (Wildman–Crippen LogP) is 4.17. The van der Waals surface area contributed by atoms with Crippen LogP contribution < -0.4 is 15.4 Å². The van der Waals surface area contributed by atoms with Gasteiger partial charge in [-0.25, -0.2) is 8.78 Å². The zero-order valence-corrected chi connectivity index (χ0v) is 18.0. The third-order valence-electron chi connectivity index (χ3n) is 6.36. The van der Waals surface area contributed by atoms with Crippen molar-refractivity contribution in [3.05, 3.63) is 95.1 Å². The van der Waals surface area contributed by atoms with Crippen LogP contribution in [0.15, 0.2) is 66.7 Å². The van der Waals surface area contributed by atoms with Crippen LogP contribution >= 0.6 is 0 Å². The van der Waals surface area contributed by atoms with Crippen LogP contribution in [0.25, 0.3) is 0 Å². The molecular weight excluding hydrogens is 426 g/mol. The molecule has 7 heteroatoms. The van der Waals surface area contributed by atoms with Gasteiger partial charge in [0.25, 0.3) is 0 Å². The molecule has 3 atom stereocenters. The summed E-state index contributed by atoms with van der Waals surface area (Å²) >= 11 is 0. The molecule has 2 aliphatic rings. The van der Waals surface area contributed by atoms with Crippen LogP contribution in [0.3, 0.4) is 0 Å². The second-order valence-corrected chi connectivity index (χ2v) is 8.54. The van der Waals surface area contributed by atoms with E-state index in [1.54, 1.807) is 24.3 Å². The molecule has 2 heterocycles. The Labute approximate surface area is 191 Å². The summed E-state index contributed by atoms with van der Waals surface area (Å²) in [6.45, 7) is 1.38. The summed E-state index contributed by atoms with van der Waals surface area (Å²) in [7, 11) is 0. The minimum Gasteiger partial charge on any atom is -0.471 e. The first-order valence-electron chi connectivity index (χ1n) is 11.1. The average Bonchev–Trinajstić information content (AvgIpc) is 3.29. The fourth-order valence-corrected chi connectivity index (χ4v) is 4.58. The zero-order chi connectivity index (χ0) is 22.8. The summed E-state index contributed by atoms with van der Waals surface area (Å²) < 4.78 is 38.8. The van der Waals surface area contributed by atoms with Gasteiger partial charge in [-0.1, -0.05) is 30.3 Å². The molecule has 3 aromatic carbocycles. The molecule has 1 fully saturated rings. The van der Waals surface area contributed by atoms with Crippen molar-refractivity contribution < 1.29 is 23.4 Å². The molecule has 5 nitrogen and oxygen atoms in total. The second kappa shape index (κ2) is 9.47. The maximum atomic E-state index is 13.5. The number of fused-ring (bicyclic) bond motifs is 1. The van der Waals surface area contributed by atoms with E-state index in [2.05, 4.69) is 10.6 Å². The topological polar surface area (TPSA) is 62.8 Å². The lowest BCUT2D eigenvalue weighted by atomic mass is 9.82. The normalized spacial score (nSPS) is 22.0. The summed E-state index contributed by atoms with van der Waals surface area (Å²) in [6.07, 6.45) is -0.554. The smallest absolute Gasteiger partial charge is 0.159 e. The molecule has 172 valence electrons. The van der Waals surface area contributed by atoms with Crippen LogP contribution in [0.1, 0.15) is 29.0 Å². The molecule has 0 aliphatic carbocycles. The molecule has 0 amide bonds. The third-order valence-corrected chi connectivity index (χ3v) is 6.36. The number of aliphatic hydroxyl groups excluding tert-OH is 1. The first kappa shape index (κ1) is 21.8. The molecule has 0 radical (unpaired) electrons. The molecule has 0 bridgehead atoms. The number of ether oxygens (including phenoxy) is 2. The van der Waals surface area contributed by atoms with Crippen molar-refractivity contribution in [2.75, 3.05) is 18.7 Å². The number of hydrogen-bond acceptors (Lipinski definition) is 5. The average molecular weight is 453 g/mol. The van der Waals surface area contributed by atoms with E-state index < -0.39 is 6.10 Å². The maximum absolute atomic E-state index is 13.5. The van der Waals surface area contributed by atoms with Crippen LogP contribution in [0.2, 0.25) is 0 Å². The van der Waals surface area contributed by atoms with Crippen molar-refractivity contribution in [2.24, 2.45) is 0 Å². The van der Waals surface area contributed by atoms with E-state index in [0.29, 0.717) is 26.3 Å². The predicted molar refractivity (Wildman–Crippen MR) is 121 cm³/mol. The Morgan fingerprint density at radius 1 is 0.970 bits per heavy atom. The van der Waals surface area contributed by atoms with Gasteiger partial charge in [0.1, 0.15) is 17.4 Å². The lowest BCUT2D eigenvalue weighted by Crippen LogP contribution is -2.50. The number of halogens is 2. The number of nitrogens with one attached hydrogen (secondary N) is 2. The van der Waals surface area contributed by atoms with E-state index in [4.69, 9.17) is 9.47 Å². The van der Waals surface area contributed by atoms with Gasteiger partial charge < -0.3 is 25.2 Å². The summed E-state index contributed by atoms with van der Waals surface area (Å²) in [5, 5.41) is 17.4. The monoisotopic (exact) mass is 452 g/mol. The Morgan fingerprint density at radius 2 is 1.64 bits per heavy atom. The fraction of sp³-hybridized carbons (Fsp3) is 0.308. The van der Waals surface area contributed by atoms with Crippen molar-refractivity contribution in [2.45, 2.75) is 37.1 Å². The molecule has 0 aromatic heterocycles. The Bertz CT molecular complexity index is 1050. The number of anilines is 1. The largest absolute Gasteiger partial charge is 0.471 e. The van der Waals surface area contributed by atoms with Crippen LogP contribution in [-0.2, 0) is 11.3 Å². The highest BCUT2D eigenvalue weighted by atomic mass is 19.1. The van der Waals surface area contributed by atoms with Gasteiger partial charge in [0.15, 0.2) is 6.73 Å². The number of benzene rings is 3. The maximum Gasteiger partial charge on any atom is 0.159 e. The highest BCUT2D eigenvalue weighted by molar-refractivity contribution is 5.60. The van der Waals surface area contributed by atoms with Crippen molar-refractivity contribution in [3.63, 3.8) is 0 Å². The first-order valence-corrected chi connectivity index (χ1v) is 11.1. The number of hydrogen-bond donors (Lipinski definition) is 3. The van der Waals surface area contributed by atoms with Crippen LogP contribution in [0.5, 0.6) is 5.75 Å². The van der Waals surface area contributed by atoms with E-state index in [0.717, 1.165) is 28.1 Å². The number of aliphatic hydroxyl groups is 1. The summed E-state index contributed by atoms with van der Waals surface area (Å²) in [6, 6.07) is 18.3. The van der Waals surface area contributed by atoms with Gasteiger partial charge in [-0.15, -0.1) is 0 Å². The van der Waals surface area contributed by atoms with Crippen molar-refractivity contribution in [1.29, 1.82) is 0 Å². The highest BCUT2D eigenvalue weighted by Crippen LogP contribution is 2.35. The zero-order valence-electron chi connectivity index (χ0n) is 18.0. The Hall–Kier alpha value is -3.00. The minimum absolute atomic E-state index is 0.226. The molecule has 2 aliphatic heterocycles. The van der Waals surface area contributed by atoms with Crippen molar-refractivity contribution in [3.8, 4) is 5.75 Å². The standard InChI is InChI=1S/C26H26F2N2O3/c27-19-6-2-17(3-7-19)26(18-4-8-20(28)9-5-18)25-12-23(31)22(14-32-25)29-13-16-1-10-21-24(11-16)33-15-30-21/h1-11,22-23,25-26,29-31H,12-15H2. The van der Waals surface area contributed by atoms with Crippen molar-refractivity contribution >= 4 is 5.69 Å². The first-order chi connectivity index (χ1) is 16.1. The van der Waals surface area contributed by atoms with Gasteiger partial charge in [0.05, 0.1) is 30.5 Å². The molecule has 3 N–H and O–H groups in total. The Morgan fingerprint density at radius 3 is 2.27 bits per heavy atom. The summed E-state index contributed by atoms with van der Waals surface area (Å²) in [5.41, 5.74) is 3.76. The molecule has 0 spiro atoms. The molecule has 3 aromatic rings. The second-order valence-electron chi connectivity index (χ2n) is 8.54. The van der Waals surface area contributed by atoms with E-state index in [9.17, 15) is 13.9 Å². The molecule has 5 rings (SSSR count). The molecular formula is C26H26F2N2O3. The third kappa shape index (κ3) is 4.85. The lowest BCUT2D eigenvalue weighted by Gasteiger charge is -2.38. The van der Waals surface area contributed by atoms with Crippen molar-refractivity contribution in [1.82, 2.24) is 5.32 Å². The quantitative estimate of drug-likeness (QED) is 0.524. The van der Waals surface area contributed by atoms with Gasteiger partial charge in [-0.3, -0.25) is 0 Å². The van der Waals surface area contributed by atoms with Gasteiger partial charge in [-0.05, 0) is 53.1 Å². The van der Waals surface area contributed by atoms with Crippen LogP contribution in [0, 0.1) is 11.6 Å². The van der Waals surface area contributed by atoms with Crippen LogP contribution in [-0.4, -0.2) is 36.7 Å². The van der Waals surface area contributed by atoms with E-state index in [1.807, 2.05) is 18.2 Å². The van der Waals surface area contributed by atoms with E-state index in [-0.39, 0.29) is 29.7 Å². The van der Waals surface area contributed by atoms with Crippen LogP contribution in [0.4, 0.5) is 14.5 Å². The molecule has 33 heavy (non-hydrogen) atoms. The molecule has 3 unspecified atom stereocenters. The molecule has 0 saturated carbocycles. The summed E-state index contributed by atoms with van der Waals surface area (Å²) in [4.78, 5) is 0. The fourth-order valence-electron chi connectivity index (χ4n) is 4.58. The van der Waals surface area contributed by atoms with Gasteiger partial charge in [-0.2, -0.15) is 0 Å². The van der Waals surface area contributed by atoms with Gasteiger partial charge in [0, 0.05) is 18.9 Å². The lowest BCUT2D eigenvalue weighted by molar-refractivity contribution is -0.0718. The highest BCUT2D eigenvalue weighted by Gasteiger charge is 2.35.